The van der Waals surface area contributed by atoms with E-state index in [1.807, 2.05) is 0 Å². The van der Waals surface area contributed by atoms with E-state index >= 15 is 0 Å². The Balaban J connectivity index is 0.000000336. The zero-order valence-electron chi connectivity index (χ0n) is 9.39. The van der Waals surface area contributed by atoms with Gasteiger partial charge in [0.15, 0.2) is 0 Å². The van der Waals surface area contributed by atoms with Crippen LogP contribution in [0.3, 0.4) is 0 Å². The van der Waals surface area contributed by atoms with Gasteiger partial charge in [-0.25, -0.2) is 4.79 Å². The lowest BCUT2D eigenvalue weighted by Crippen LogP contribution is -2.23. The lowest BCUT2D eigenvalue weighted by Gasteiger charge is -2.17. The Labute approximate surface area is 90.6 Å². The highest BCUT2D eigenvalue weighted by molar-refractivity contribution is 5.67. The van der Waals surface area contributed by atoms with Crippen LogP contribution in [0.5, 0.6) is 0 Å². The second kappa shape index (κ2) is 8.11. The van der Waals surface area contributed by atoms with Gasteiger partial charge in [-0.2, -0.15) is 0 Å². The van der Waals surface area contributed by atoms with E-state index in [0.29, 0.717) is 0 Å². The minimum atomic E-state index is -1.19. The van der Waals surface area contributed by atoms with Crippen LogP contribution in [0.4, 0.5) is 0 Å². The number of carbonyl (C=O) groups is 1. The predicted octanol–water partition coefficient (Wildman–Crippen LogP) is 0.526. The van der Waals surface area contributed by atoms with E-state index in [1.165, 1.54) is 19.4 Å². The largest absolute Gasteiger partial charge is 0.480 e. The fourth-order valence-corrected chi connectivity index (χ4v) is 1.10. The van der Waals surface area contributed by atoms with Crippen molar-refractivity contribution in [2.24, 2.45) is 0 Å². The summed E-state index contributed by atoms with van der Waals surface area (Å²) in [6.45, 7) is 3.72. The summed E-state index contributed by atoms with van der Waals surface area (Å²) < 4.78 is 0. The van der Waals surface area contributed by atoms with Crippen LogP contribution >= 0.6 is 0 Å². The minimum absolute atomic E-state index is 0.778. The molecule has 0 saturated heterocycles. The monoisotopic (exact) mass is 216 g/mol. The Hall–Kier alpha value is -1.23. The average molecular weight is 216 g/mol. The number of unbranched alkanes of at least 4 members (excludes halogenated alkanes) is 1. The van der Waals surface area contributed by atoms with Crippen LogP contribution in [0.2, 0.25) is 0 Å². The first-order valence-electron chi connectivity index (χ1n) is 5.05. The molecule has 0 aromatic rings. The van der Waals surface area contributed by atoms with Gasteiger partial charge in [0.2, 0.25) is 0 Å². The maximum atomic E-state index is 9.12. The van der Waals surface area contributed by atoms with Gasteiger partial charge in [-0.1, -0.05) is 13.3 Å². The first-order valence-corrected chi connectivity index (χ1v) is 5.05. The van der Waals surface area contributed by atoms with Crippen molar-refractivity contribution in [1.82, 2.24) is 9.80 Å². The molecule has 0 fully saturated rings. The number of aliphatic carboxylic acids is 1. The second-order valence-corrected chi connectivity index (χ2v) is 3.41. The molecular formula is C10H20N2O3. The summed E-state index contributed by atoms with van der Waals surface area (Å²) in [6.07, 6.45) is 6.87. The van der Waals surface area contributed by atoms with Crippen LogP contribution < -0.4 is 0 Å². The molecule has 1 aliphatic heterocycles. The number of carboxylic acids is 1. The van der Waals surface area contributed by atoms with Crippen LogP contribution in [0, 0.1) is 0 Å². The smallest absolute Gasteiger partial charge is 0.329 e. The molecule has 5 heteroatoms. The highest BCUT2D eigenvalue weighted by Crippen LogP contribution is 2.04. The summed E-state index contributed by atoms with van der Waals surface area (Å²) in [6, 6.07) is 0. The summed E-state index contributed by atoms with van der Waals surface area (Å²) in [7, 11) is 2.10. The molecule has 0 amide bonds. The Kier molecular flexibility index (Phi) is 7.44. The third-order valence-electron chi connectivity index (χ3n) is 1.87. The third-order valence-corrected chi connectivity index (χ3v) is 1.87. The molecule has 0 aliphatic carbocycles. The van der Waals surface area contributed by atoms with E-state index < -0.39 is 12.6 Å². The first-order chi connectivity index (χ1) is 7.10. The molecule has 0 bridgehead atoms. The van der Waals surface area contributed by atoms with Gasteiger partial charge in [0, 0.05) is 26.0 Å². The molecule has 1 rings (SSSR count). The number of hydrogen-bond acceptors (Lipinski definition) is 4. The zero-order valence-corrected chi connectivity index (χ0v) is 9.39. The van der Waals surface area contributed by atoms with E-state index in [4.69, 9.17) is 15.0 Å². The van der Waals surface area contributed by atoms with Crippen molar-refractivity contribution in [1.29, 1.82) is 0 Å². The molecule has 0 aromatic heterocycles. The number of aliphatic hydroxyl groups is 1. The highest BCUT2D eigenvalue weighted by atomic mass is 16.4. The Morgan fingerprint density at radius 1 is 1.47 bits per heavy atom. The summed E-state index contributed by atoms with van der Waals surface area (Å²) >= 11 is 0. The van der Waals surface area contributed by atoms with Crippen molar-refractivity contribution < 1.29 is 15.0 Å². The summed E-state index contributed by atoms with van der Waals surface area (Å²) in [4.78, 5) is 13.6. The van der Waals surface area contributed by atoms with E-state index in [2.05, 4.69) is 36.2 Å². The number of aliphatic hydroxyl groups excluding tert-OH is 1. The van der Waals surface area contributed by atoms with Crippen LogP contribution in [-0.4, -0.2) is 52.9 Å². The van der Waals surface area contributed by atoms with Gasteiger partial charge in [-0.15, -0.1) is 0 Å². The number of hydrogen-bond donors (Lipinski definition) is 2. The van der Waals surface area contributed by atoms with Gasteiger partial charge in [-0.3, -0.25) is 0 Å². The second-order valence-electron chi connectivity index (χ2n) is 3.41. The number of rotatable bonds is 4. The van der Waals surface area contributed by atoms with E-state index in [-0.39, 0.29) is 0 Å². The van der Waals surface area contributed by atoms with Gasteiger partial charge in [0.25, 0.3) is 0 Å². The molecule has 0 saturated carbocycles. The van der Waals surface area contributed by atoms with Gasteiger partial charge in [-0.05, 0) is 6.42 Å². The number of nitrogens with zero attached hydrogens (tertiary/aromatic N) is 2. The SMILES string of the molecule is CCCCN1C=CN(C)C1.O=C(O)CO. The van der Waals surface area contributed by atoms with Gasteiger partial charge in [0.1, 0.15) is 6.61 Å². The molecule has 88 valence electrons. The molecule has 1 aliphatic rings. The summed E-state index contributed by atoms with van der Waals surface area (Å²) in [5.41, 5.74) is 0. The normalized spacial score (nSPS) is 13.8. The van der Waals surface area contributed by atoms with Gasteiger partial charge in [0.05, 0.1) is 6.67 Å². The molecule has 5 nitrogen and oxygen atoms in total. The quantitative estimate of drug-likeness (QED) is 0.717. The zero-order chi connectivity index (χ0) is 11.7. The van der Waals surface area contributed by atoms with Crippen molar-refractivity contribution in [3.05, 3.63) is 12.4 Å². The van der Waals surface area contributed by atoms with E-state index in [9.17, 15) is 0 Å². The summed E-state index contributed by atoms with van der Waals surface area (Å²) in [5, 5.41) is 15.0. The number of carboxylic acid groups (broad SMARTS) is 1. The van der Waals surface area contributed by atoms with Crippen molar-refractivity contribution in [2.75, 3.05) is 26.9 Å². The maximum Gasteiger partial charge on any atom is 0.329 e. The van der Waals surface area contributed by atoms with Crippen molar-refractivity contribution in [3.8, 4) is 0 Å². The first kappa shape index (κ1) is 13.8. The van der Waals surface area contributed by atoms with Crippen LogP contribution in [0.15, 0.2) is 12.4 Å². The molecule has 2 N–H and O–H groups in total. The van der Waals surface area contributed by atoms with Gasteiger partial charge < -0.3 is 20.0 Å². The fourth-order valence-electron chi connectivity index (χ4n) is 1.10. The van der Waals surface area contributed by atoms with Crippen molar-refractivity contribution in [2.45, 2.75) is 19.8 Å². The molecule has 0 spiro atoms. The highest BCUT2D eigenvalue weighted by Gasteiger charge is 2.05. The van der Waals surface area contributed by atoms with E-state index in [0.717, 1.165) is 6.67 Å². The summed E-state index contributed by atoms with van der Waals surface area (Å²) in [5.74, 6) is -1.19. The molecule has 0 atom stereocenters. The topological polar surface area (TPSA) is 64.0 Å². The van der Waals surface area contributed by atoms with E-state index in [1.54, 1.807) is 0 Å². The molecule has 15 heavy (non-hydrogen) atoms. The van der Waals surface area contributed by atoms with Crippen molar-refractivity contribution in [3.63, 3.8) is 0 Å². The maximum absolute atomic E-state index is 9.12. The minimum Gasteiger partial charge on any atom is -0.480 e. The molecular weight excluding hydrogens is 196 g/mol. The molecule has 1 heterocycles. The van der Waals surface area contributed by atoms with Crippen LogP contribution in [0.25, 0.3) is 0 Å². The molecule has 0 unspecified atom stereocenters. The Morgan fingerprint density at radius 2 is 2.07 bits per heavy atom. The molecule has 0 radical (unpaired) electrons. The lowest BCUT2D eigenvalue weighted by molar-refractivity contribution is -0.140. The predicted molar refractivity (Wildman–Crippen MR) is 58.1 cm³/mol. The van der Waals surface area contributed by atoms with Crippen LogP contribution in [0.1, 0.15) is 19.8 Å². The van der Waals surface area contributed by atoms with Crippen molar-refractivity contribution >= 4 is 5.97 Å². The van der Waals surface area contributed by atoms with Gasteiger partial charge >= 0.3 is 5.97 Å². The average Bonchev–Trinajstić information content (AvgIpc) is 2.62. The fraction of sp³-hybridized carbons (Fsp3) is 0.700. The Morgan fingerprint density at radius 3 is 2.40 bits per heavy atom. The third kappa shape index (κ3) is 7.81. The lowest BCUT2D eigenvalue weighted by atomic mass is 10.3. The molecule has 0 aromatic carbocycles. The van der Waals surface area contributed by atoms with Crippen LogP contribution in [-0.2, 0) is 4.79 Å². The standard InChI is InChI=1S/C8H16N2.C2H4O3/c1-3-4-5-10-7-6-9(2)8-10;3-1-2(4)5/h6-7H,3-5,8H2,1-2H3;3H,1H2,(H,4,5). The Bertz CT molecular complexity index is 207.